The topological polar surface area (TPSA) is 333 Å². The van der Waals surface area contributed by atoms with Crippen LogP contribution in [0.2, 0.25) is 0 Å². The SMILES string of the molecule is CCCCCc1c2c(nc3cc4c(c(NC(=O)OCc5ccc(O[C@H]6O[C@H](CO)[C@@H](O)[C@H](O)[C@@H]6O)c(NC(=O)CCNC(=O)CCN6C(=O)C=CC6=O)c5)c13)OCO4)-c1cc3c(c(=O)n1C2)COC(=O)C3(C)O. The molecule has 0 bridgehead atoms. The Labute approximate surface area is 414 Å². The third-order valence-corrected chi connectivity index (χ3v) is 13.2. The van der Waals surface area contributed by atoms with E-state index in [-0.39, 0.29) is 85.6 Å². The van der Waals surface area contributed by atoms with Crippen molar-refractivity contribution in [1.82, 2.24) is 19.8 Å². The summed E-state index contributed by atoms with van der Waals surface area (Å²) in [5.74, 6) is -2.77. The molecule has 7 heterocycles. The number of amides is 5. The van der Waals surface area contributed by atoms with Crippen LogP contribution in [0.5, 0.6) is 17.2 Å². The number of nitrogens with zero attached hydrogens (tertiary/aromatic N) is 3. The van der Waals surface area contributed by atoms with Gasteiger partial charge in [-0.1, -0.05) is 25.8 Å². The van der Waals surface area contributed by atoms with Crippen LogP contribution in [-0.4, -0.2) is 133 Å². The molecule has 5 aliphatic rings. The van der Waals surface area contributed by atoms with Crippen molar-refractivity contribution in [1.29, 1.82) is 0 Å². The molecule has 9 rings (SSSR count). The monoisotopic (exact) mass is 1010 g/mol. The molecule has 2 aromatic heterocycles. The highest BCUT2D eigenvalue weighted by atomic mass is 16.7. The van der Waals surface area contributed by atoms with Gasteiger partial charge >= 0.3 is 12.1 Å². The lowest BCUT2D eigenvalue weighted by Crippen LogP contribution is -2.60. The van der Waals surface area contributed by atoms with Gasteiger partial charge < -0.3 is 69.2 Å². The van der Waals surface area contributed by atoms with Gasteiger partial charge in [0.05, 0.1) is 41.3 Å². The number of aliphatic hydroxyl groups excluding tert-OH is 4. The van der Waals surface area contributed by atoms with Crippen LogP contribution in [0.1, 0.15) is 73.8 Å². The molecule has 6 atom stereocenters. The number of fused-ring (bicyclic) bond motifs is 6. The van der Waals surface area contributed by atoms with Gasteiger partial charge in [-0.3, -0.25) is 34.2 Å². The van der Waals surface area contributed by atoms with Gasteiger partial charge in [-0.25, -0.2) is 14.6 Å². The molecular formula is C49H52N6O18. The maximum atomic E-state index is 14.0. The molecule has 2 aromatic carbocycles. The van der Waals surface area contributed by atoms with Crippen LogP contribution in [0.3, 0.4) is 0 Å². The Morgan fingerprint density at radius 2 is 1.70 bits per heavy atom. The first kappa shape index (κ1) is 50.5. The summed E-state index contributed by atoms with van der Waals surface area (Å²) in [6.07, 6.45) is -4.47. The van der Waals surface area contributed by atoms with Crippen LogP contribution in [-0.2, 0) is 70.0 Å². The van der Waals surface area contributed by atoms with Gasteiger partial charge in [-0.05, 0) is 49.1 Å². The molecule has 0 spiro atoms. The summed E-state index contributed by atoms with van der Waals surface area (Å²) in [6.45, 7) is 1.51. The highest BCUT2D eigenvalue weighted by Crippen LogP contribution is 2.49. The number of anilines is 2. The molecule has 0 saturated carbocycles. The summed E-state index contributed by atoms with van der Waals surface area (Å²) in [6, 6.07) is 7.49. The number of carbonyl (C=O) groups excluding carboxylic acids is 6. The normalized spacial score (nSPS) is 22.4. The van der Waals surface area contributed by atoms with Crippen LogP contribution >= 0.6 is 0 Å². The average Bonchev–Trinajstić information content (AvgIpc) is 4.08. The summed E-state index contributed by atoms with van der Waals surface area (Å²) in [5, 5.41) is 60.8. The summed E-state index contributed by atoms with van der Waals surface area (Å²) >= 11 is 0. The molecule has 24 nitrogen and oxygen atoms in total. The van der Waals surface area contributed by atoms with Crippen molar-refractivity contribution in [3.8, 4) is 28.6 Å². The molecule has 24 heteroatoms. The molecule has 4 aromatic rings. The molecule has 1 unspecified atom stereocenters. The zero-order valence-corrected chi connectivity index (χ0v) is 39.5. The van der Waals surface area contributed by atoms with Crippen molar-refractivity contribution in [3.05, 3.63) is 80.7 Å². The summed E-state index contributed by atoms with van der Waals surface area (Å²) in [5.41, 5.74) is 0.930. The average molecular weight is 1010 g/mol. The van der Waals surface area contributed by atoms with Crippen molar-refractivity contribution < 1.29 is 82.7 Å². The molecule has 0 aliphatic carbocycles. The third-order valence-electron chi connectivity index (χ3n) is 13.2. The Kier molecular flexibility index (Phi) is 14.2. The zero-order chi connectivity index (χ0) is 51.9. The van der Waals surface area contributed by atoms with Crippen molar-refractivity contribution >= 4 is 58.0 Å². The fourth-order valence-corrected chi connectivity index (χ4v) is 9.32. The number of esters is 1. The van der Waals surface area contributed by atoms with E-state index in [1.54, 1.807) is 12.1 Å². The van der Waals surface area contributed by atoms with Gasteiger partial charge in [0.25, 0.3) is 17.4 Å². The van der Waals surface area contributed by atoms with Gasteiger partial charge in [-0.2, -0.15) is 0 Å². The van der Waals surface area contributed by atoms with Gasteiger partial charge in [0.15, 0.2) is 17.1 Å². The summed E-state index contributed by atoms with van der Waals surface area (Å²) in [4.78, 5) is 95.9. The van der Waals surface area contributed by atoms with Gasteiger partial charge in [0, 0.05) is 60.7 Å². The zero-order valence-electron chi connectivity index (χ0n) is 39.5. The first-order valence-corrected chi connectivity index (χ1v) is 23.6. The second-order valence-electron chi connectivity index (χ2n) is 18.1. The Hall–Kier alpha value is -7.48. The Bertz CT molecular complexity index is 3010. The number of pyridine rings is 2. The van der Waals surface area contributed by atoms with Crippen molar-refractivity contribution in [2.75, 3.05) is 37.1 Å². The molecule has 0 radical (unpaired) electrons. The minimum Gasteiger partial charge on any atom is -0.460 e. The number of ether oxygens (including phenoxy) is 6. The van der Waals surface area contributed by atoms with E-state index >= 15 is 0 Å². The van der Waals surface area contributed by atoms with Crippen molar-refractivity contribution in [2.45, 2.75) is 108 Å². The Morgan fingerprint density at radius 1 is 0.918 bits per heavy atom. The number of rotatable bonds is 17. The highest BCUT2D eigenvalue weighted by molar-refractivity contribution is 6.13. The standard InChI is InChI=1S/C49H52N6O18/c1-3-4-5-6-24-25-18-55-30(16-27-26(45(55)64)21-68-47(65)49(27,2)67)39(25)52-29-17-32-44(71-22-70-32)40(38(24)29)53-48(66)69-20-23-7-8-31(72-46-43(63)42(62)41(61)33(19-56)73-46)28(15-23)51-35(58)11-13-50-34(57)12-14-54-36(59)9-10-37(54)60/h7-10,15-17,33,41-43,46,56,61-63,67H,3-6,11-14,18-22H2,1-2H3,(H,50,57)(H,51,58)(H,53,66)/t33-,41-,42+,43+,46+,49?/m1/s1. The fourth-order valence-electron chi connectivity index (χ4n) is 9.32. The van der Waals surface area contributed by atoms with Crippen LogP contribution in [0.25, 0.3) is 22.3 Å². The number of cyclic esters (lactones) is 1. The largest absolute Gasteiger partial charge is 0.460 e. The number of hydrogen-bond donors (Lipinski definition) is 8. The number of aryl methyl sites for hydroxylation is 1. The van der Waals surface area contributed by atoms with Gasteiger partial charge in [0.1, 0.15) is 49.1 Å². The first-order valence-electron chi connectivity index (χ1n) is 23.6. The van der Waals surface area contributed by atoms with Crippen molar-refractivity contribution in [2.24, 2.45) is 0 Å². The van der Waals surface area contributed by atoms with E-state index in [1.165, 1.54) is 29.7 Å². The predicted octanol–water partition coefficient (Wildman–Crippen LogP) is 0.838. The third kappa shape index (κ3) is 9.79. The number of imide groups is 1. The van der Waals surface area contributed by atoms with E-state index in [9.17, 15) is 59.1 Å². The van der Waals surface area contributed by atoms with Crippen LogP contribution in [0.15, 0.2) is 47.3 Å². The molecule has 5 aliphatic heterocycles. The number of carbonyl (C=O) groups is 6. The minimum absolute atomic E-state index is 0.0360. The lowest BCUT2D eigenvalue weighted by atomic mass is 9.89. The van der Waals surface area contributed by atoms with Crippen LogP contribution in [0, 0.1) is 0 Å². The van der Waals surface area contributed by atoms with E-state index in [4.69, 9.17) is 33.4 Å². The second kappa shape index (κ2) is 20.6. The number of benzene rings is 2. The van der Waals surface area contributed by atoms with E-state index in [1.807, 2.05) is 0 Å². The number of aromatic nitrogens is 2. The number of hydrogen-bond acceptors (Lipinski definition) is 19. The quantitative estimate of drug-likeness (QED) is 0.0363. The lowest BCUT2D eigenvalue weighted by molar-refractivity contribution is -0.277. The van der Waals surface area contributed by atoms with Gasteiger partial charge in [0.2, 0.25) is 24.9 Å². The van der Waals surface area contributed by atoms with E-state index < -0.39 is 90.8 Å². The molecule has 386 valence electrons. The van der Waals surface area contributed by atoms with Crippen LogP contribution < -0.4 is 35.7 Å². The van der Waals surface area contributed by atoms with E-state index in [2.05, 4.69) is 22.9 Å². The molecule has 73 heavy (non-hydrogen) atoms. The number of unbranched alkanes of at least 4 members (excludes halogenated alkanes) is 2. The maximum Gasteiger partial charge on any atom is 0.412 e. The summed E-state index contributed by atoms with van der Waals surface area (Å²) in [7, 11) is 0. The fraction of sp³-hybridized carbons (Fsp3) is 0.429. The molecule has 8 N–H and O–H groups in total. The molecular weight excluding hydrogens is 961 g/mol. The smallest absolute Gasteiger partial charge is 0.412 e. The Balaban J connectivity index is 0.962. The first-order chi connectivity index (χ1) is 35.0. The minimum atomic E-state index is -2.07. The molecule has 1 fully saturated rings. The van der Waals surface area contributed by atoms with E-state index in [0.29, 0.717) is 39.8 Å². The predicted molar refractivity (Wildman–Crippen MR) is 251 cm³/mol. The summed E-state index contributed by atoms with van der Waals surface area (Å²) < 4.78 is 35.5. The lowest BCUT2D eigenvalue weighted by Gasteiger charge is -2.39. The van der Waals surface area contributed by atoms with Crippen molar-refractivity contribution in [3.63, 3.8) is 0 Å². The Morgan fingerprint density at radius 3 is 2.45 bits per heavy atom. The maximum absolute atomic E-state index is 14.0. The van der Waals surface area contributed by atoms with Crippen LogP contribution in [0.4, 0.5) is 16.2 Å². The molecule has 1 saturated heterocycles. The van der Waals surface area contributed by atoms with E-state index in [0.717, 1.165) is 41.9 Å². The highest BCUT2D eigenvalue weighted by Gasteiger charge is 2.46. The van der Waals surface area contributed by atoms with Gasteiger partial charge in [-0.15, -0.1) is 0 Å². The molecule has 5 amide bonds. The second-order valence-corrected chi connectivity index (χ2v) is 18.1. The number of nitrogens with one attached hydrogen (secondary N) is 3. The number of aliphatic hydroxyl groups is 5.